The van der Waals surface area contributed by atoms with Crippen molar-refractivity contribution < 1.29 is 13.2 Å². The Kier molecular flexibility index (Phi) is 5.58. The summed E-state index contributed by atoms with van der Waals surface area (Å²) in [6.45, 7) is 1.29. The van der Waals surface area contributed by atoms with Gasteiger partial charge in [-0.05, 0) is 30.3 Å². The molecule has 0 bridgehead atoms. The zero-order valence-corrected chi connectivity index (χ0v) is 17.3. The molecular formula is C20H21ClN4O3S. The monoisotopic (exact) mass is 432 g/mol. The second-order valence-corrected chi connectivity index (χ2v) is 9.32. The van der Waals surface area contributed by atoms with Gasteiger partial charge < -0.3 is 9.88 Å². The Labute approximate surface area is 174 Å². The van der Waals surface area contributed by atoms with Crippen molar-refractivity contribution in [3.63, 3.8) is 0 Å². The molecule has 1 amide bonds. The van der Waals surface area contributed by atoms with Crippen molar-refractivity contribution in [1.29, 1.82) is 0 Å². The minimum atomic E-state index is -3.61. The summed E-state index contributed by atoms with van der Waals surface area (Å²) < 4.78 is 26.9. The van der Waals surface area contributed by atoms with Crippen LogP contribution in [0.15, 0.2) is 53.4 Å². The van der Waals surface area contributed by atoms with Crippen LogP contribution >= 0.6 is 11.6 Å². The lowest BCUT2D eigenvalue weighted by atomic mass is 10.2. The number of aryl methyl sites for hydroxylation is 1. The molecule has 1 saturated heterocycles. The fourth-order valence-electron chi connectivity index (χ4n) is 3.46. The van der Waals surface area contributed by atoms with Gasteiger partial charge in [-0.15, -0.1) is 0 Å². The number of nitrogens with one attached hydrogen (secondary N) is 1. The zero-order valence-electron chi connectivity index (χ0n) is 15.7. The number of carbonyl (C=O) groups excluding carboxylic acids is 1. The number of rotatable bonds is 5. The molecule has 2 aromatic carbocycles. The van der Waals surface area contributed by atoms with Gasteiger partial charge in [0, 0.05) is 44.0 Å². The maximum absolute atomic E-state index is 12.8. The Bertz CT molecular complexity index is 1100. The molecule has 1 aromatic heterocycles. The number of aromatic nitrogens is 2. The number of sulfonamides is 1. The van der Waals surface area contributed by atoms with Crippen molar-refractivity contribution in [3.05, 3.63) is 59.4 Å². The highest BCUT2D eigenvalue weighted by atomic mass is 35.5. The second-order valence-electron chi connectivity index (χ2n) is 6.94. The minimum Gasteiger partial charge on any atom is -0.342 e. The number of para-hydroxylation sites is 2. The number of amides is 1. The van der Waals surface area contributed by atoms with Crippen LogP contribution in [0.3, 0.4) is 0 Å². The van der Waals surface area contributed by atoms with E-state index in [4.69, 9.17) is 11.6 Å². The number of nitrogens with zero attached hydrogens (tertiary/aromatic N) is 3. The van der Waals surface area contributed by atoms with Gasteiger partial charge in [-0.3, -0.25) is 4.79 Å². The Morgan fingerprint density at radius 2 is 1.83 bits per heavy atom. The first kappa shape index (κ1) is 19.9. The lowest BCUT2D eigenvalue weighted by Crippen LogP contribution is -2.50. The number of hydrogen-bond donors (Lipinski definition) is 1. The molecule has 1 fully saturated rings. The van der Waals surface area contributed by atoms with Crippen LogP contribution in [0, 0.1) is 0 Å². The van der Waals surface area contributed by atoms with Crippen molar-refractivity contribution >= 4 is 38.6 Å². The summed E-state index contributed by atoms with van der Waals surface area (Å²) >= 11 is 5.92. The molecule has 4 rings (SSSR count). The molecule has 152 valence electrons. The minimum absolute atomic E-state index is 0.00487. The van der Waals surface area contributed by atoms with Crippen LogP contribution < -0.4 is 0 Å². The van der Waals surface area contributed by atoms with Crippen LogP contribution in [0.1, 0.15) is 12.2 Å². The van der Waals surface area contributed by atoms with E-state index in [2.05, 4.69) is 9.97 Å². The highest BCUT2D eigenvalue weighted by molar-refractivity contribution is 7.89. The van der Waals surface area contributed by atoms with E-state index in [1.807, 2.05) is 24.3 Å². The molecule has 9 heteroatoms. The van der Waals surface area contributed by atoms with E-state index in [9.17, 15) is 13.2 Å². The quantitative estimate of drug-likeness (QED) is 0.671. The SMILES string of the molecule is O=C(CCc1nc2ccccc2[nH]1)N1CCN(S(=O)(=O)c2cccc(Cl)c2)CC1. The van der Waals surface area contributed by atoms with Crippen LogP contribution in [0.25, 0.3) is 11.0 Å². The number of piperazine rings is 1. The number of aromatic amines is 1. The summed E-state index contributed by atoms with van der Waals surface area (Å²) in [4.78, 5) is 22.2. The predicted molar refractivity (Wildman–Crippen MR) is 111 cm³/mol. The number of fused-ring (bicyclic) bond motifs is 1. The maximum Gasteiger partial charge on any atom is 0.243 e. The van der Waals surface area contributed by atoms with Crippen molar-refractivity contribution in [1.82, 2.24) is 19.2 Å². The van der Waals surface area contributed by atoms with Gasteiger partial charge in [0.05, 0.1) is 15.9 Å². The van der Waals surface area contributed by atoms with Gasteiger partial charge >= 0.3 is 0 Å². The maximum atomic E-state index is 12.8. The summed E-state index contributed by atoms with van der Waals surface area (Å²) in [5.41, 5.74) is 1.84. The lowest BCUT2D eigenvalue weighted by molar-refractivity contribution is -0.132. The zero-order chi connectivity index (χ0) is 20.4. The van der Waals surface area contributed by atoms with Gasteiger partial charge in [0.15, 0.2) is 0 Å². The fourth-order valence-corrected chi connectivity index (χ4v) is 5.19. The number of benzene rings is 2. The molecule has 0 unspecified atom stereocenters. The van der Waals surface area contributed by atoms with Crippen LogP contribution in [0.5, 0.6) is 0 Å². The van der Waals surface area contributed by atoms with Gasteiger partial charge in [-0.1, -0.05) is 29.8 Å². The normalized spacial score (nSPS) is 15.7. The molecule has 0 spiro atoms. The molecule has 0 aliphatic carbocycles. The molecule has 1 N–H and O–H groups in total. The third-order valence-electron chi connectivity index (χ3n) is 5.04. The molecular weight excluding hydrogens is 412 g/mol. The van der Waals surface area contributed by atoms with E-state index in [0.29, 0.717) is 31.0 Å². The molecule has 2 heterocycles. The molecule has 1 aliphatic heterocycles. The molecule has 7 nitrogen and oxygen atoms in total. The van der Waals surface area contributed by atoms with E-state index in [-0.39, 0.29) is 23.9 Å². The molecule has 0 saturated carbocycles. The van der Waals surface area contributed by atoms with Gasteiger partial charge in [-0.25, -0.2) is 13.4 Å². The molecule has 0 atom stereocenters. The lowest BCUT2D eigenvalue weighted by Gasteiger charge is -2.34. The Balaban J connectivity index is 1.33. The number of imidazole rings is 1. The Morgan fingerprint density at radius 3 is 2.55 bits per heavy atom. The van der Waals surface area contributed by atoms with E-state index in [1.54, 1.807) is 17.0 Å². The number of carbonyl (C=O) groups is 1. The highest BCUT2D eigenvalue weighted by Gasteiger charge is 2.30. The van der Waals surface area contributed by atoms with Crippen molar-refractivity contribution in [2.24, 2.45) is 0 Å². The largest absolute Gasteiger partial charge is 0.342 e. The molecule has 1 aliphatic rings. The van der Waals surface area contributed by atoms with E-state index >= 15 is 0 Å². The fraction of sp³-hybridized carbons (Fsp3) is 0.300. The average molecular weight is 433 g/mol. The predicted octanol–water partition coefficient (Wildman–Crippen LogP) is 2.68. The number of H-pyrrole nitrogens is 1. The van der Waals surface area contributed by atoms with Gasteiger partial charge in [-0.2, -0.15) is 4.31 Å². The van der Waals surface area contributed by atoms with Gasteiger partial charge in [0.2, 0.25) is 15.9 Å². The topological polar surface area (TPSA) is 86.4 Å². The molecule has 3 aromatic rings. The van der Waals surface area contributed by atoms with E-state index in [1.165, 1.54) is 16.4 Å². The average Bonchev–Trinajstić information content (AvgIpc) is 3.15. The van der Waals surface area contributed by atoms with E-state index in [0.717, 1.165) is 16.9 Å². The van der Waals surface area contributed by atoms with Crippen LogP contribution in [0.4, 0.5) is 0 Å². The summed E-state index contributed by atoms with van der Waals surface area (Å²) in [5.74, 6) is 0.784. The van der Waals surface area contributed by atoms with Gasteiger partial charge in [0.25, 0.3) is 0 Å². The summed E-state index contributed by atoms with van der Waals surface area (Å²) in [7, 11) is -3.61. The van der Waals surface area contributed by atoms with Crippen LogP contribution in [0.2, 0.25) is 5.02 Å². The van der Waals surface area contributed by atoms with Crippen molar-refractivity contribution in [2.75, 3.05) is 26.2 Å². The smallest absolute Gasteiger partial charge is 0.243 e. The second kappa shape index (κ2) is 8.14. The van der Waals surface area contributed by atoms with E-state index < -0.39 is 10.0 Å². The highest BCUT2D eigenvalue weighted by Crippen LogP contribution is 2.21. The summed E-state index contributed by atoms with van der Waals surface area (Å²) in [6, 6.07) is 14.0. The van der Waals surface area contributed by atoms with Gasteiger partial charge in [0.1, 0.15) is 5.82 Å². The Morgan fingerprint density at radius 1 is 1.07 bits per heavy atom. The number of halogens is 1. The van der Waals surface area contributed by atoms with Crippen molar-refractivity contribution in [3.8, 4) is 0 Å². The summed E-state index contributed by atoms with van der Waals surface area (Å²) in [6.07, 6.45) is 0.857. The first-order valence-electron chi connectivity index (χ1n) is 9.40. The molecule has 29 heavy (non-hydrogen) atoms. The third-order valence-corrected chi connectivity index (χ3v) is 7.17. The Hall–Kier alpha value is -2.42. The molecule has 0 radical (unpaired) electrons. The first-order chi connectivity index (χ1) is 13.9. The number of hydrogen-bond acceptors (Lipinski definition) is 4. The van der Waals surface area contributed by atoms with Crippen molar-refractivity contribution in [2.45, 2.75) is 17.7 Å². The third kappa shape index (κ3) is 4.29. The first-order valence-corrected chi connectivity index (χ1v) is 11.2. The van der Waals surface area contributed by atoms with Crippen LogP contribution in [-0.4, -0.2) is 59.7 Å². The standard InChI is InChI=1S/C20H21ClN4O3S/c21-15-4-3-5-16(14-15)29(27,28)25-12-10-24(11-13-25)20(26)9-8-19-22-17-6-1-2-7-18(17)23-19/h1-7,14H,8-13H2,(H,22,23). The van der Waals surface area contributed by atoms with Crippen LogP contribution in [-0.2, 0) is 21.2 Å². The summed E-state index contributed by atoms with van der Waals surface area (Å²) in [5, 5.41) is 0.380.